The molecule has 2 aromatic carbocycles. The summed E-state index contributed by atoms with van der Waals surface area (Å²) in [7, 11) is 0. The molecule has 12 heteroatoms. The monoisotopic (exact) mass is 596 g/mol. The second-order valence-corrected chi connectivity index (χ2v) is 12.0. The van der Waals surface area contributed by atoms with E-state index in [0.717, 1.165) is 16.5 Å². The van der Waals surface area contributed by atoms with Crippen LogP contribution in [0.2, 0.25) is 0 Å². The number of rotatable bonds is 8. The first kappa shape index (κ1) is 29.0. The fourth-order valence-electron chi connectivity index (χ4n) is 6.59. The largest absolute Gasteiger partial charge is 0.465 e. The van der Waals surface area contributed by atoms with Crippen molar-refractivity contribution in [2.24, 2.45) is 5.92 Å². The predicted molar refractivity (Wildman–Crippen MR) is 157 cm³/mol. The molecule has 0 bridgehead atoms. The molecular weight excluding hydrogens is 561 g/mol. The van der Waals surface area contributed by atoms with E-state index >= 15 is 0 Å². The van der Waals surface area contributed by atoms with Gasteiger partial charge in [-0.1, -0.05) is 32.0 Å². The van der Waals surface area contributed by atoms with E-state index in [1.807, 2.05) is 28.8 Å². The lowest BCUT2D eigenvalue weighted by molar-refractivity contribution is -0.135. The Labute approximate surface area is 246 Å². The first-order valence-electron chi connectivity index (χ1n) is 14.7. The first-order chi connectivity index (χ1) is 20.6. The van der Waals surface area contributed by atoms with Crippen LogP contribution in [0.4, 0.5) is 18.0 Å². The van der Waals surface area contributed by atoms with Crippen LogP contribution in [0.5, 0.6) is 0 Å². The fraction of sp³-hybridized carbons (Fsp3) is 0.452. The maximum Gasteiger partial charge on any atom is 0.405 e. The molecule has 0 saturated carbocycles. The van der Waals surface area contributed by atoms with Crippen LogP contribution in [-0.4, -0.2) is 80.1 Å². The lowest BCUT2D eigenvalue weighted by Gasteiger charge is -2.30. The van der Waals surface area contributed by atoms with E-state index in [2.05, 4.69) is 15.6 Å². The number of alkyl halides is 2. The van der Waals surface area contributed by atoms with Crippen molar-refractivity contribution in [1.29, 1.82) is 0 Å². The normalized spacial score (nSPS) is 23.1. The lowest BCUT2D eigenvalue weighted by Crippen LogP contribution is -2.53. The van der Waals surface area contributed by atoms with E-state index in [1.165, 1.54) is 17.0 Å². The molecule has 4 aromatic rings. The molecule has 2 saturated heterocycles. The number of carbonyl (C=O) groups is 2. The van der Waals surface area contributed by atoms with Crippen molar-refractivity contribution in [3.8, 4) is 11.5 Å². The quantitative estimate of drug-likeness (QED) is 0.233. The van der Waals surface area contributed by atoms with Crippen LogP contribution in [-0.2, 0) is 17.8 Å². The number of amides is 2. The van der Waals surface area contributed by atoms with Gasteiger partial charge in [-0.2, -0.15) is 0 Å². The fourth-order valence-corrected chi connectivity index (χ4v) is 6.59. The molecule has 0 aliphatic carbocycles. The van der Waals surface area contributed by atoms with E-state index in [4.69, 9.17) is 4.98 Å². The van der Waals surface area contributed by atoms with E-state index in [-0.39, 0.29) is 31.5 Å². The van der Waals surface area contributed by atoms with Gasteiger partial charge in [-0.3, -0.25) is 4.79 Å². The third-order valence-electron chi connectivity index (χ3n) is 8.62. The number of nitrogens with zero attached hydrogens (tertiary/aromatic N) is 3. The molecule has 0 spiro atoms. The summed E-state index contributed by atoms with van der Waals surface area (Å²) < 4.78 is 45.3. The van der Waals surface area contributed by atoms with Gasteiger partial charge in [0.25, 0.3) is 0 Å². The average Bonchev–Trinajstić information content (AvgIpc) is 3.72. The van der Waals surface area contributed by atoms with Crippen LogP contribution in [0.25, 0.3) is 33.5 Å². The van der Waals surface area contributed by atoms with Gasteiger partial charge in [0.2, 0.25) is 5.91 Å². The maximum atomic E-state index is 14.9. The number of carbonyl (C=O) groups excluding carboxylic acids is 1. The van der Waals surface area contributed by atoms with E-state index < -0.39 is 42.2 Å². The molecule has 2 aliphatic rings. The molecule has 2 amide bonds. The Kier molecular flexibility index (Phi) is 7.80. The molecule has 2 aliphatic heterocycles. The van der Waals surface area contributed by atoms with Crippen molar-refractivity contribution in [2.45, 2.75) is 70.1 Å². The standard InChI is InChI=1S/C31H35F3N6O3/c1-16(2)27(38-31(42)43)30(41)39-14-19(34)10-21(39)15-40-26-8-7-17(32)11-25(26)37-29(40)28-23(12-20-9-18(33)13-35-20)22-5-3-4-6-24(22)36-28/h3-8,11,16,18-21,27,35-36,38H,9-10,12-15H2,1-2H3,(H,42,43)/t18-,19-,20-,21-,27?/m0/s1. The summed E-state index contributed by atoms with van der Waals surface area (Å²) in [6.07, 6.45) is -2.54. The molecule has 6 rings (SSSR count). The van der Waals surface area contributed by atoms with Crippen LogP contribution in [0.15, 0.2) is 42.5 Å². The Morgan fingerprint density at radius 2 is 1.93 bits per heavy atom. The number of aromatic nitrogens is 3. The minimum absolute atomic E-state index is 0.0629. The Morgan fingerprint density at radius 1 is 1.14 bits per heavy atom. The number of hydrogen-bond acceptors (Lipinski definition) is 4. The first-order valence-corrected chi connectivity index (χ1v) is 14.7. The highest BCUT2D eigenvalue weighted by atomic mass is 19.1. The third-order valence-corrected chi connectivity index (χ3v) is 8.62. The van der Waals surface area contributed by atoms with Crippen molar-refractivity contribution in [3.63, 3.8) is 0 Å². The number of halogens is 3. The van der Waals surface area contributed by atoms with Crippen molar-refractivity contribution >= 4 is 33.9 Å². The zero-order valence-electron chi connectivity index (χ0n) is 24.0. The van der Waals surface area contributed by atoms with Gasteiger partial charge in [0.1, 0.15) is 24.2 Å². The average molecular weight is 597 g/mol. The van der Waals surface area contributed by atoms with E-state index in [9.17, 15) is 27.9 Å². The minimum atomic E-state index is -1.33. The van der Waals surface area contributed by atoms with Gasteiger partial charge in [-0.05, 0) is 42.5 Å². The van der Waals surface area contributed by atoms with Crippen molar-refractivity contribution in [3.05, 3.63) is 53.8 Å². The summed E-state index contributed by atoms with van der Waals surface area (Å²) in [5.74, 6) is -0.789. The molecule has 4 heterocycles. The smallest absolute Gasteiger partial charge is 0.405 e. The van der Waals surface area contributed by atoms with E-state index in [1.54, 1.807) is 19.9 Å². The van der Waals surface area contributed by atoms with Gasteiger partial charge >= 0.3 is 6.09 Å². The SMILES string of the molecule is CC(C)C(NC(=O)O)C(=O)N1C[C@@H](F)C[C@H]1Cn1c(-c2[nH]c3ccccc3c2C[C@@H]2C[C@H](F)CN2)nc2cc(F)ccc21. The highest BCUT2D eigenvalue weighted by molar-refractivity contribution is 5.92. The number of para-hydroxylation sites is 1. The van der Waals surface area contributed by atoms with Crippen LogP contribution in [0.1, 0.15) is 32.3 Å². The summed E-state index contributed by atoms with van der Waals surface area (Å²) in [6.45, 7) is 3.76. The molecule has 2 aromatic heterocycles. The Bertz CT molecular complexity index is 1670. The number of hydrogen-bond donors (Lipinski definition) is 4. The second kappa shape index (κ2) is 11.6. The number of H-pyrrole nitrogens is 1. The molecule has 9 nitrogen and oxygen atoms in total. The Morgan fingerprint density at radius 3 is 2.65 bits per heavy atom. The molecule has 1 unspecified atom stereocenters. The number of likely N-dealkylation sites (tertiary alicyclic amines) is 1. The summed E-state index contributed by atoms with van der Waals surface area (Å²) in [5.41, 5.74) is 3.52. The van der Waals surface area contributed by atoms with E-state index in [0.29, 0.717) is 41.9 Å². The zero-order chi connectivity index (χ0) is 30.4. The van der Waals surface area contributed by atoms with Gasteiger partial charge in [-0.25, -0.2) is 22.9 Å². The van der Waals surface area contributed by atoms with Gasteiger partial charge in [-0.15, -0.1) is 0 Å². The number of imidazole rings is 1. The molecule has 43 heavy (non-hydrogen) atoms. The van der Waals surface area contributed by atoms with Crippen molar-refractivity contribution in [1.82, 2.24) is 30.1 Å². The molecule has 5 atom stereocenters. The van der Waals surface area contributed by atoms with Crippen molar-refractivity contribution < 1.29 is 27.9 Å². The highest BCUT2D eigenvalue weighted by Gasteiger charge is 2.40. The summed E-state index contributed by atoms with van der Waals surface area (Å²) in [5, 5.41) is 15.8. The van der Waals surface area contributed by atoms with Gasteiger partial charge < -0.3 is 30.2 Å². The third kappa shape index (κ3) is 5.67. The molecule has 0 radical (unpaired) electrons. The lowest BCUT2D eigenvalue weighted by atomic mass is 10.0. The van der Waals surface area contributed by atoms with Crippen LogP contribution in [0, 0.1) is 11.7 Å². The predicted octanol–water partition coefficient (Wildman–Crippen LogP) is 4.80. The van der Waals surface area contributed by atoms with Crippen molar-refractivity contribution in [2.75, 3.05) is 13.1 Å². The number of aromatic amines is 1. The number of carboxylic acid groups (broad SMARTS) is 1. The van der Waals surface area contributed by atoms with Crippen LogP contribution >= 0.6 is 0 Å². The number of fused-ring (bicyclic) bond motifs is 2. The second-order valence-electron chi connectivity index (χ2n) is 12.0. The van der Waals surface area contributed by atoms with Crippen LogP contribution in [0.3, 0.4) is 0 Å². The summed E-state index contributed by atoms with van der Waals surface area (Å²) in [4.78, 5) is 34.7. The molecular formula is C31H35F3N6O3. The van der Waals surface area contributed by atoms with Crippen LogP contribution < -0.4 is 10.6 Å². The van der Waals surface area contributed by atoms with Gasteiger partial charge in [0.15, 0.2) is 5.82 Å². The van der Waals surface area contributed by atoms with Gasteiger partial charge in [0.05, 0.1) is 29.3 Å². The zero-order valence-corrected chi connectivity index (χ0v) is 24.0. The molecule has 4 N–H and O–H groups in total. The minimum Gasteiger partial charge on any atom is -0.465 e. The van der Waals surface area contributed by atoms with Gasteiger partial charge in [0, 0.05) is 42.5 Å². The Balaban J connectivity index is 1.44. The molecule has 228 valence electrons. The Hall–Kier alpha value is -4.06. The summed E-state index contributed by atoms with van der Waals surface area (Å²) >= 11 is 0. The maximum absolute atomic E-state index is 14.9. The number of benzene rings is 2. The molecule has 2 fully saturated rings. The topological polar surface area (TPSA) is 115 Å². The summed E-state index contributed by atoms with van der Waals surface area (Å²) in [6, 6.07) is 10.4. The number of nitrogens with one attached hydrogen (secondary N) is 3. The highest BCUT2D eigenvalue weighted by Crippen LogP contribution is 2.35.